The number of nitrogens with zero attached hydrogens (tertiary/aromatic N) is 1. The summed E-state index contributed by atoms with van der Waals surface area (Å²) in [6.07, 6.45) is 2.99. The highest BCUT2D eigenvalue weighted by Gasteiger charge is 2.17. The summed E-state index contributed by atoms with van der Waals surface area (Å²) < 4.78 is 10.6. The summed E-state index contributed by atoms with van der Waals surface area (Å²) >= 11 is 0. The quantitative estimate of drug-likeness (QED) is 0.260. The number of carbonyl (C=O) groups excluding carboxylic acids is 2. The molecule has 8 heteroatoms. The van der Waals surface area contributed by atoms with Crippen molar-refractivity contribution in [3.63, 3.8) is 0 Å². The lowest BCUT2D eigenvalue weighted by molar-refractivity contribution is -0.217. The third-order valence-electron chi connectivity index (χ3n) is 4.96. The molecule has 0 radical (unpaired) electrons. The van der Waals surface area contributed by atoms with E-state index in [-0.39, 0.29) is 11.9 Å². The van der Waals surface area contributed by atoms with Crippen LogP contribution in [0.5, 0.6) is 17.2 Å². The summed E-state index contributed by atoms with van der Waals surface area (Å²) in [5.74, 6) is 0.869. The molecule has 1 N–H and O–H groups in total. The van der Waals surface area contributed by atoms with Gasteiger partial charge in [0.2, 0.25) is 0 Å². The predicted molar refractivity (Wildman–Crippen MR) is 126 cm³/mol. The van der Waals surface area contributed by atoms with Crippen LogP contribution in [0.4, 0.5) is 10.5 Å². The van der Waals surface area contributed by atoms with E-state index in [9.17, 15) is 9.59 Å². The average molecular weight is 459 g/mol. The third-order valence-corrected chi connectivity index (χ3v) is 4.96. The maximum Gasteiger partial charge on any atom is 0.357 e. The van der Waals surface area contributed by atoms with E-state index in [4.69, 9.17) is 19.2 Å². The van der Waals surface area contributed by atoms with Crippen molar-refractivity contribution in [3.05, 3.63) is 48.0 Å². The van der Waals surface area contributed by atoms with E-state index in [1.54, 1.807) is 63.3 Å². The zero-order chi connectivity index (χ0) is 24.2. The zero-order valence-electron chi connectivity index (χ0n) is 20.1. The zero-order valence-corrected chi connectivity index (χ0v) is 20.1. The minimum atomic E-state index is -0.438. The van der Waals surface area contributed by atoms with E-state index in [2.05, 4.69) is 12.2 Å². The van der Waals surface area contributed by atoms with E-state index in [0.717, 1.165) is 24.8 Å². The summed E-state index contributed by atoms with van der Waals surface area (Å²) in [4.78, 5) is 36.2. The van der Waals surface area contributed by atoms with Crippen LogP contribution in [0.3, 0.4) is 0 Å². The van der Waals surface area contributed by atoms with Crippen LogP contribution in [-0.2, 0) is 16.2 Å². The van der Waals surface area contributed by atoms with Gasteiger partial charge >= 0.3 is 12.0 Å². The Balaban J connectivity index is 2.07. The highest BCUT2D eigenvalue weighted by Crippen LogP contribution is 2.29. The van der Waals surface area contributed by atoms with Crippen molar-refractivity contribution >= 4 is 17.7 Å². The normalized spacial score (nSPS) is 10.5. The second kappa shape index (κ2) is 13.2. The Bertz CT molecular complexity index is 898. The first kappa shape index (κ1) is 25.8. The van der Waals surface area contributed by atoms with Gasteiger partial charge in [-0.3, -0.25) is 9.78 Å². The number of amides is 2. The molecule has 33 heavy (non-hydrogen) atoms. The van der Waals surface area contributed by atoms with Crippen molar-refractivity contribution < 1.29 is 28.8 Å². The summed E-state index contributed by atoms with van der Waals surface area (Å²) in [6.45, 7) is 6.61. The molecule has 0 saturated carbocycles. The fraction of sp³-hybridized carbons (Fsp3) is 0.440. The number of ether oxygens (including phenoxy) is 2. The van der Waals surface area contributed by atoms with E-state index < -0.39 is 5.97 Å². The second-order valence-electron chi connectivity index (χ2n) is 7.91. The maximum atomic E-state index is 13.1. The smallest absolute Gasteiger partial charge is 0.357 e. The highest BCUT2D eigenvalue weighted by atomic mass is 17.2. The number of urea groups is 1. The molecule has 8 nitrogen and oxygen atoms in total. The van der Waals surface area contributed by atoms with Gasteiger partial charge in [-0.25, -0.2) is 9.59 Å². The number of unbranched alkanes of at least 4 members (excludes halogenated alkanes) is 2. The van der Waals surface area contributed by atoms with Gasteiger partial charge in [0.05, 0.1) is 25.8 Å². The van der Waals surface area contributed by atoms with Crippen LogP contribution in [0.1, 0.15) is 45.6 Å². The van der Waals surface area contributed by atoms with Gasteiger partial charge < -0.3 is 19.7 Å². The van der Waals surface area contributed by atoms with Crippen molar-refractivity contribution in [1.29, 1.82) is 0 Å². The standard InChI is InChI=1S/C25H34N2O6/c1-6-7-8-15-27(25(29)26-22-14-13-21(30-4)16-23(22)31-5)17-19-9-11-20(12-10-19)32-33-24(28)18(2)3/h9-14,16,18H,6-8,15,17H2,1-5H3,(H,26,29). The van der Waals surface area contributed by atoms with E-state index in [1.807, 2.05) is 12.1 Å². The van der Waals surface area contributed by atoms with Gasteiger partial charge in [-0.15, -0.1) is 0 Å². The van der Waals surface area contributed by atoms with E-state index >= 15 is 0 Å². The molecule has 0 heterocycles. The molecule has 2 rings (SSSR count). The molecule has 2 aromatic carbocycles. The molecule has 2 aromatic rings. The summed E-state index contributed by atoms with van der Waals surface area (Å²) in [6, 6.07) is 12.1. The molecule has 0 saturated heterocycles. The lowest BCUT2D eigenvalue weighted by Gasteiger charge is -2.24. The van der Waals surface area contributed by atoms with Gasteiger partial charge in [0.25, 0.3) is 0 Å². The number of nitrogens with one attached hydrogen (secondary N) is 1. The fourth-order valence-corrected chi connectivity index (χ4v) is 2.96. The van der Waals surface area contributed by atoms with Gasteiger partial charge in [-0.2, -0.15) is 0 Å². The second-order valence-corrected chi connectivity index (χ2v) is 7.91. The molecule has 0 aliphatic heterocycles. The first-order chi connectivity index (χ1) is 15.9. The summed E-state index contributed by atoms with van der Waals surface area (Å²) in [7, 11) is 3.12. The minimum Gasteiger partial charge on any atom is -0.497 e. The number of hydrogen-bond acceptors (Lipinski definition) is 6. The van der Waals surface area contributed by atoms with Crippen molar-refractivity contribution in [1.82, 2.24) is 4.90 Å². The Kier molecular flexibility index (Phi) is 10.3. The van der Waals surface area contributed by atoms with Gasteiger partial charge in [0.15, 0.2) is 5.75 Å². The summed E-state index contributed by atoms with van der Waals surface area (Å²) in [5.41, 5.74) is 1.49. The minimum absolute atomic E-state index is 0.222. The number of hydrogen-bond donors (Lipinski definition) is 1. The Morgan fingerprint density at radius 1 is 0.970 bits per heavy atom. The van der Waals surface area contributed by atoms with Crippen molar-refractivity contribution in [3.8, 4) is 17.2 Å². The number of methoxy groups -OCH3 is 2. The molecular formula is C25H34N2O6. The Morgan fingerprint density at radius 3 is 2.27 bits per heavy atom. The van der Waals surface area contributed by atoms with Gasteiger partial charge in [-0.05, 0) is 36.2 Å². The number of rotatable bonds is 12. The van der Waals surface area contributed by atoms with Gasteiger partial charge in [-0.1, -0.05) is 45.7 Å². The van der Waals surface area contributed by atoms with Crippen LogP contribution in [0, 0.1) is 5.92 Å². The van der Waals surface area contributed by atoms with Crippen LogP contribution in [0.25, 0.3) is 0 Å². The average Bonchev–Trinajstić information content (AvgIpc) is 2.82. The van der Waals surface area contributed by atoms with Crippen LogP contribution in [-0.4, -0.2) is 37.7 Å². The Morgan fingerprint density at radius 2 is 1.67 bits per heavy atom. The van der Waals surface area contributed by atoms with Crippen molar-refractivity contribution in [2.45, 2.75) is 46.6 Å². The Labute approximate surface area is 195 Å². The molecule has 0 spiro atoms. The first-order valence-electron chi connectivity index (χ1n) is 11.1. The molecule has 0 bridgehead atoms. The molecule has 180 valence electrons. The summed E-state index contributed by atoms with van der Waals surface area (Å²) in [5, 5.41) is 2.94. The molecule has 0 unspecified atom stereocenters. The van der Waals surface area contributed by atoms with Gasteiger partial charge in [0, 0.05) is 19.2 Å². The van der Waals surface area contributed by atoms with Crippen LogP contribution in [0.2, 0.25) is 0 Å². The fourth-order valence-electron chi connectivity index (χ4n) is 2.96. The molecule has 0 atom stereocenters. The molecular weight excluding hydrogens is 424 g/mol. The molecule has 0 aliphatic rings. The topological polar surface area (TPSA) is 86.3 Å². The number of carbonyl (C=O) groups is 2. The predicted octanol–water partition coefficient (Wildman–Crippen LogP) is 5.42. The van der Waals surface area contributed by atoms with E-state index in [1.165, 1.54) is 0 Å². The number of anilines is 1. The number of benzene rings is 2. The largest absolute Gasteiger partial charge is 0.497 e. The first-order valence-corrected chi connectivity index (χ1v) is 11.1. The van der Waals surface area contributed by atoms with Crippen molar-refractivity contribution in [2.75, 3.05) is 26.1 Å². The highest BCUT2D eigenvalue weighted by molar-refractivity contribution is 5.91. The van der Waals surface area contributed by atoms with E-state index in [0.29, 0.717) is 36.0 Å². The van der Waals surface area contributed by atoms with Crippen LogP contribution < -0.4 is 19.7 Å². The third kappa shape index (κ3) is 8.21. The lowest BCUT2D eigenvalue weighted by Crippen LogP contribution is -2.35. The lowest BCUT2D eigenvalue weighted by atomic mass is 10.2. The SMILES string of the molecule is CCCCCN(Cc1ccc(OOC(=O)C(C)C)cc1)C(=O)Nc1ccc(OC)cc1OC. The maximum absolute atomic E-state index is 13.1. The molecule has 0 fully saturated rings. The van der Waals surface area contributed by atoms with Crippen LogP contribution >= 0.6 is 0 Å². The monoisotopic (exact) mass is 458 g/mol. The molecule has 0 aromatic heterocycles. The molecule has 2 amide bonds. The Hall–Kier alpha value is -3.42. The molecule has 0 aliphatic carbocycles. The van der Waals surface area contributed by atoms with Gasteiger partial charge in [0.1, 0.15) is 11.5 Å². The van der Waals surface area contributed by atoms with Crippen molar-refractivity contribution in [2.24, 2.45) is 5.92 Å². The van der Waals surface area contributed by atoms with Crippen LogP contribution in [0.15, 0.2) is 42.5 Å².